The van der Waals surface area contributed by atoms with Gasteiger partial charge < -0.3 is 19.5 Å². The third-order valence-corrected chi connectivity index (χ3v) is 8.70. The van der Waals surface area contributed by atoms with Crippen molar-refractivity contribution in [2.75, 3.05) is 38.0 Å². The van der Waals surface area contributed by atoms with Gasteiger partial charge in [0.15, 0.2) is 11.5 Å². The smallest absolute Gasteiger partial charge is 0.265 e. The van der Waals surface area contributed by atoms with E-state index < -0.39 is 10.0 Å². The predicted molar refractivity (Wildman–Crippen MR) is 143 cm³/mol. The Hall–Kier alpha value is -3.47. The lowest BCUT2D eigenvalue weighted by molar-refractivity contribution is 0.103. The summed E-state index contributed by atoms with van der Waals surface area (Å²) in [5.41, 5.74) is 0.980. The molecule has 8 nitrogen and oxygen atoms in total. The molecule has 1 aromatic heterocycles. The summed E-state index contributed by atoms with van der Waals surface area (Å²) in [6, 6.07) is 16.3. The molecule has 0 atom stereocenters. The van der Waals surface area contributed by atoms with Crippen LogP contribution >= 0.6 is 22.9 Å². The maximum absolute atomic E-state index is 13.3. The molecule has 0 bridgehead atoms. The molecular formula is C25H23ClN2O6S2. The third kappa shape index (κ3) is 4.92. The van der Waals surface area contributed by atoms with E-state index in [2.05, 4.69) is 5.32 Å². The van der Waals surface area contributed by atoms with Crippen molar-refractivity contribution in [1.82, 2.24) is 0 Å². The minimum atomic E-state index is -3.88. The van der Waals surface area contributed by atoms with E-state index in [1.54, 1.807) is 48.5 Å². The minimum Gasteiger partial charge on any atom is -0.495 e. The Labute approximate surface area is 218 Å². The first-order valence-corrected chi connectivity index (χ1v) is 13.2. The lowest BCUT2D eigenvalue weighted by Crippen LogP contribution is -2.26. The third-order valence-electron chi connectivity index (χ3n) is 5.51. The number of amides is 1. The van der Waals surface area contributed by atoms with Gasteiger partial charge >= 0.3 is 0 Å². The molecule has 0 aliphatic rings. The van der Waals surface area contributed by atoms with Gasteiger partial charge in [0.25, 0.3) is 15.9 Å². The van der Waals surface area contributed by atoms with Crippen molar-refractivity contribution in [3.63, 3.8) is 0 Å². The molecule has 188 valence electrons. The lowest BCUT2D eigenvalue weighted by Gasteiger charge is -2.20. The zero-order valence-corrected chi connectivity index (χ0v) is 22.3. The SMILES string of the molecule is COc1ccc(NC(=O)c2cc3cc(N(C)S(=O)(=O)c4ccc(OC)c(OC)c4)ccc3s2)cc1Cl. The van der Waals surface area contributed by atoms with Gasteiger partial charge in [0.2, 0.25) is 0 Å². The molecule has 3 aromatic carbocycles. The number of nitrogens with zero attached hydrogens (tertiary/aromatic N) is 1. The molecule has 4 aromatic rings. The summed E-state index contributed by atoms with van der Waals surface area (Å²) in [4.78, 5) is 13.4. The number of halogens is 1. The van der Waals surface area contributed by atoms with Crippen LogP contribution in [0.1, 0.15) is 9.67 Å². The van der Waals surface area contributed by atoms with Crippen LogP contribution in [0.25, 0.3) is 10.1 Å². The van der Waals surface area contributed by atoms with Crippen molar-refractivity contribution in [2.45, 2.75) is 4.90 Å². The zero-order valence-electron chi connectivity index (χ0n) is 19.9. The number of sulfonamides is 1. The number of methoxy groups -OCH3 is 3. The highest BCUT2D eigenvalue weighted by Crippen LogP contribution is 2.34. The van der Waals surface area contributed by atoms with E-state index in [1.165, 1.54) is 56.2 Å². The van der Waals surface area contributed by atoms with Crippen LogP contribution in [-0.4, -0.2) is 42.7 Å². The topological polar surface area (TPSA) is 94.2 Å². The monoisotopic (exact) mass is 546 g/mol. The van der Waals surface area contributed by atoms with Crippen molar-refractivity contribution in [3.8, 4) is 17.2 Å². The van der Waals surface area contributed by atoms with Crippen LogP contribution in [0, 0.1) is 0 Å². The summed E-state index contributed by atoms with van der Waals surface area (Å²) < 4.78 is 44.1. The lowest BCUT2D eigenvalue weighted by atomic mass is 10.2. The highest BCUT2D eigenvalue weighted by molar-refractivity contribution is 7.92. The molecule has 1 amide bonds. The highest BCUT2D eigenvalue weighted by atomic mass is 35.5. The molecule has 11 heteroatoms. The minimum absolute atomic E-state index is 0.0614. The van der Waals surface area contributed by atoms with E-state index >= 15 is 0 Å². The van der Waals surface area contributed by atoms with Gasteiger partial charge in [-0.05, 0) is 60.0 Å². The summed E-state index contributed by atoms with van der Waals surface area (Å²) in [7, 11) is 2.03. The molecule has 0 fully saturated rings. The number of nitrogens with one attached hydrogen (secondary N) is 1. The Morgan fingerprint density at radius 1 is 0.889 bits per heavy atom. The van der Waals surface area contributed by atoms with Crippen molar-refractivity contribution in [3.05, 3.63) is 70.6 Å². The number of anilines is 2. The number of ether oxygens (including phenoxy) is 3. The van der Waals surface area contributed by atoms with Crippen molar-refractivity contribution < 1.29 is 27.4 Å². The van der Waals surface area contributed by atoms with Gasteiger partial charge in [-0.25, -0.2) is 8.42 Å². The van der Waals surface area contributed by atoms with E-state index in [-0.39, 0.29) is 10.8 Å². The molecule has 4 rings (SSSR count). The molecule has 0 spiro atoms. The van der Waals surface area contributed by atoms with Crippen LogP contribution in [0.2, 0.25) is 5.02 Å². The maximum atomic E-state index is 13.3. The van der Waals surface area contributed by atoms with Crippen molar-refractivity contribution in [1.29, 1.82) is 0 Å². The molecular weight excluding hydrogens is 524 g/mol. The first-order chi connectivity index (χ1) is 17.2. The average molecular weight is 547 g/mol. The van der Waals surface area contributed by atoms with Crippen LogP contribution in [0.15, 0.2) is 65.6 Å². The molecule has 1 heterocycles. The molecule has 0 saturated carbocycles. The van der Waals surface area contributed by atoms with Crippen LogP contribution in [-0.2, 0) is 10.0 Å². The van der Waals surface area contributed by atoms with Crippen molar-refractivity contribution >= 4 is 60.3 Å². The second-order valence-corrected chi connectivity index (χ2v) is 11.1. The fourth-order valence-electron chi connectivity index (χ4n) is 3.55. The molecule has 0 unspecified atom stereocenters. The second kappa shape index (κ2) is 10.3. The summed E-state index contributed by atoms with van der Waals surface area (Å²) in [6.45, 7) is 0. The van der Waals surface area contributed by atoms with Crippen LogP contribution < -0.4 is 23.8 Å². The maximum Gasteiger partial charge on any atom is 0.265 e. The fourth-order valence-corrected chi connectivity index (χ4v) is 5.95. The number of carbonyl (C=O) groups excluding carboxylic acids is 1. The van der Waals surface area contributed by atoms with Gasteiger partial charge in [0.05, 0.1) is 41.8 Å². The number of hydrogen-bond acceptors (Lipinski definition) is 7. The number of hydrogen-bond donors (Lipinski definition) is 1. The van der Waals surface area contributed by atoms with Crippen molar-refractivity contribution in [2.24, 2.45) is 0 Å². The Balaban J connectivity index is 1.59. The predicted octanol–water partition coefficient (Wildman–Crippen LogP) is 5.66. The largest absolute Gasteiger partial charge is 0.495 e. The molecule has 0 radical (unpaired) electrons. The fraction of sp³-hybridized carbons (Fsp3) is 0.160. The van der Waals surface area contributed by atoms with Crippen LogP contribution in [0.5, 0.6) is 17.2 Å². The molecule has 0 saturated heterocycles. The Kier molecular flexibility index (Phi) is 7.30. The number of thiophene rings is 1. The van der Waals surface area contributed by atoms with E-state index in [4.69, 9.17) is 25.8 Å². The quantitative estimate of drug-likeness (QED) is 0.306. The number of carbonyl (C=O) groups is 1. The summed E-state index contributed by atoms with van der Waals surface area (Å²) in [6.07, 6.45) is 0. The van der Waals surface area contributed by atoms with Crippen LogP contribution in [0.3, 0.4) is 0 Å². The van der Waals surface area contributed by atoms with Gasteiger partial charge in [-0.3, -0.25) is 9.10 Å². The second-order valence-electron chi connectivity index (χ2n) is 7.63. The number of fused-ring (bicyclic) bond motifs is 1. The van der Waals surface area contributed by atoms with Gasteiger partial charge in [-0.1, -0.05) is 11.6 Å². The molecule has 0 aliphatic carbocycles. The number of rotatable bonds is 8. The first-order valence-electron chi connectivity index (χ1n) is 10.6. The Bertz CT molecular complexity index is 1550. The zero-order chi connectivity index (χ0) is 26.0. The first kappa shape index (κ1) is 25.6. The number of benzene rings is 3. The van der Waals surface area contributed by atoms with Gasteiger partial charge in [-0.15, -0.1) is 11.3 Å². The van der Waals surface area contributed by atoms with E-state index in [0.29, 0.717) is 38.5 Å². The Morgan fingerprint density at radius 3 is 2.25 bits per heavy atom. The molecule has 36 heavy (non-hydrogen) atoms. The average Bonchev–Trinajstić information content (AvgIpc) is 3.31. The summed E-state index contributed by atoms with van der Waals surface area (Å²) >= 11 is 7.44. The Morgan fingerprint density at radius 2 is 1.58 bits per heavy atom. The molecule has 1 N–H and O–H groups in total. The van der Waals surface area contributed by atoms with Gasteiger partial charge in [0.1, 0.15) is 5.75 Å². The van der Waals surface area contributed by atoms with E-state index in [0.717, 1.165) is 10.1 Å². The van der Waals surface area contributed by atoms with E-state index in [9.17, 15) is 13.2 Å². The molecule has 0 aliphatic heterocycles. The normalized spacial score (nSPS) is 11.2. The van der Waals surface area contributed by atoms with Gasteiger partial charge in [-0.2, -0.15) is 0 Å². The van der Waals surface area contributed by atoms with E-state index in [1.807, 2.05) is 0 Å². The summed E-state index contributed by atoms with van der Waals surface area (Å²) in [5, 5.41) is 3.94. The highest BCUT2D eigenvalue weighted by Gasteiger charge is 2.24. The van der Waals surface area contributed by atoms with Crippen LogP contribution in [0.4, 0.5) is 11.4 Å². The standard InChI is InChI=1S/C25H23ClN2O6S2/c1-28(36(30,31)18-7-9-21(33-3)22(14-18)34-4)17-6-10-23-15(11-17)12-24(35-23)25(29)27-16-5-8-20(32-2)19(26)13-16/h5-14H,1-4H3,(H,27,29). The van der Waals surface area contributed by atoms with Gasteiger partial charge in [0, 0.05) is 23.5 Å². The summed E-state index contributed by atoms with van der Waals surface area (Å²) in [5.74, 6) is 0.956.